The van der Waals surface area contributed by atoms with E-state index in [2.05, 4.69) is 60.1 Å². The third-order valence-corrected chi connectivity index (χ3v) is 6.51. The minimum atomic E-state index is -3.67. The summed E-state index contributed by atoms with van der Waals surface area (Å²) >= 11 is 0. The molecule has 0 unspecified atom stereocenters. The van der Waals surface area contributed by atoms with E-state index in [4.69, 9.17) is 0 Å². The molecule has 1 N–H and O–H groups in total. The van der Waals surface area contributed by atoms with Gasteiger partial charge in [0.15, 0.2) is 11.5 Å². The fourth-order valence-electron chi connectivity index (χ4n) is 4.70. The van der Waals surface area contributed by atoms with Crippen molar-refractivity contribution in [3.63, 3.8) is 0 Å². The number of nitrogens with one attached hydrogen (secondary N) is 1. The Balaban J connectivity index is 1.42. The Bertz CT molecular complexity index is 1260. The molecule has 8 heteroatoms. The molecule has 5 rings (SSSR count). The average Bonchev–Trinajstić information content (AvgIpc) is 3.37. The summed E-state index contributed by atoms with van der Waals surface area (Å²) in [6.45, 7) is 7.55. The molecule has 1 fully saturated rings. The van der Waals surface area contributed by atoms with Gasteiger partial charge in [-0.25, -0.2) is 0 Å². The summed E-state index contributed by atoms with van der Waals surface area (Å²) in [4.78, 5) is 13.3. The number of halogens is 2. The van der Waals surface area contributed by atoms with Crippen LogP contribution in [-0.2, 0) is 22.2 Å². The molecule has 1 aliphatic heterocycles. The van der Waals surface area contributed by atoms with Gasteiger partial charge in [-0.2, -0.15) is 0 Å². The van der Waals surface area contributed by atoms with Gasteiger partial charge in [-0.15, -0.1) is 8.78 Å². The second-order valence-corrected chi connectivity index (χ2v) is 10.1. The largest absolute Gasteiger partial charge is 0.586 e. The van der Waals surface area contributed by atoms with Gasteiger partial charge in [-0.05, 0) is 54.8 Å². The summed E-state index contributed by atoms with van der Waals surface area (Å²) in [5.41, 5.74) is 3.06. The molecule has 3 aromatic rings. The number of anilines is 1. The van der Waals surface area contributed by atoms with Crippen molar-refractivity contribution >= 4 is 30.3 Å². The smallest absolute Gasteiger partial charge is 0.395 e. The molecule has 172 valence electrons. The second kappa shape index (κ2) is 7.24. The summed E-state index contributed by atoms with van der Waals surface area (Å²) in [6, 6.07) is 12.8. The SMILES string of the molecule is BCCn1c(C(C)(C)C)cc2cc(NC(=O)C3(c4ccc5c(c4)OC(F)(F)O5)CC3)ccc21. The van der Waals surface area contributed by atoms with E-state index in [1.54, 1.807) is 6.07 Å². The number of ether oxygens (including phenoxy) is 2. The second-order valence-electron chi connectivity index (χ2n) is 10.1. The molecule has 1 aromatic heterocycles. The molecule has 1 aliphatic carbocycles. The van der Waals surface area contributed by atoms with Crippen LogP contribution in [0.4, 0.5) is 14.5 Å². The maximum Gasteiger partial charge on any atom is 0.586 e. The maximum absolute atomic E-state index is 13.4. The molecule has 1 saturated carbocycles. The summed E-state index contributed by atoms with van der Waals surface area (Å²) in [6.07, 6.45) is -1.33. The maximum atomic E-state index is 13.4. The number of alkyl halides is 2. The highest BCUT2D eigenvalue weighted by atomic mass is 19.3. The van der Waals surface area contributed by atoms with Crippen LogP contribution >= 0.6 is 0 Å². The van der Waals surface area contributed by atoms with Crippen molar-refractivity contribution in [2.24, 2.45) is 0 Å². The lowest BCUT2D eigenvalue weighted by atomic mass is 9.91. The first-order chi connectivity index (χ1) is 15.5. The molecule has 33 heavy (non-hydrogen) atoms. The van der Waals surface area contributed by atoms with E-state index in [1.807, 2.05) is 12.1 Å². The van der Waals surface area contributed by atoms with Crippen LogP contribution in [0.2, 0.25) is 6.32 Å². The van der Waals surface area contributed by atoms with Gasteiger partial charge in [-0.3, -0.25) is 4.79 Å². The van der Waals surface area contributed by atoms with E-state index < -0.39 is 11.7 Å². The van der Waals surface area contributed by atoms with E-state index in [0.29, 0.717) is 18.4 Å². The molecule has 0 atom stereocenters. The number of rotatable bonds is 5. The fraction of sp³-hybridized carbons (Fsp3) is 0.400. The van der Waals surface area contributed by atoms with Crippen molar-refractivity contribution in [1.82, 2.24) is 4.57 Å². The summed E-state index contributed by atoms with van der Waals surface area (Å²) < 4.78 is 38.2. The number of aryl methyl sites for hydroxylation is 1. The number of carbonyl (C=O) groups is 1. The first-order valence-electron chi connectivity index (χ1n) is 11.4. The predicted octanol–water partition coefficient (Wildman–Crippen LogP) is 4.98. The highest BCUT2D eigenvalue weighted by Gasteiger charge is 2.52. The molecule has 0 spiro atoms. The lowest BCUT2D eigenvalue weighted by Gasteiger charge is -2.22. The zero-order valence-electron chi connectivity index (χ0n) is 19.3. The first kappa shape index (κ1) is 21.8. The van der Waals surface area contributed by atoms with Crippen LogP contribution in [0.5, 0.6) is 11.5 Å². The first-order valence-corrected chi connectivity index (χ1v) is 11.4. The fourth-order valence-corrected chi connectivity index (χ4v) is 4.70. The Morgan fingerprint density at radius 3 is 2.48 bits per heavy atom. The molecule has 0 radical (unpaired) electrons. The van der Waals surface area contributed by atoms with Gasteiger partial charge in [0.1, 0.15) is 7.85 Å². The van der Waals surface area contributed by atoms with E-state index >= 15 is 0 Å². The Labute approximate surface area is 192 Å². The number of carbonyl (C=O) groups excluding carboxylic acids is 1. The van der Waals surface area contributed by atoms with Crippen LogP contribution < -0.4 is 14.8 Å². The summed E-state index contributed by atoms with van der Waals surface area (Å²) in [7, 11) is 2.17. The lowest BCUT2D eigenvalue weighted by Crippen LogP contribution is -2.27. The number of aromatic nitrogens is 1. The van der Waals surface area contributed by atoms with Gasteiger partial charge >= 0.3 is 6.29 Å². The number of benzene rings is 2. The molecule has 0 bridgehead atoms. The Morgan fingerprint density at radius 2 is 1.82 bits per heavy atom. The van der Waals surface area contributed by atoms with Crippen LogP contribution in [0.25, 0.3) is 10.9 Å². The van der Waals surface area contributed by atoms with Crippen LogP contribution in [0, 0.1) is 0 Å². The third-order valence-electron chi connectivity index (χ3n) is 6.51. The standard InChI is InChI=1S/C25H27BF2N2O3/c1-23(2,3)21-13-15-12-17(5-6-18(15)30(21)11-10-26)29-22(31)24(8-9-24)16-4-7-19-20(14-16)33-25(27,28)32-19/h4-7,12-14H,8-11,26H2,1-3H3,(H,29,31). The van der Waals surface area contributed by atoms with Crippen molar-refractivity contribution in [2.75, 3.05) is 5.32 Å². The van der Waals surface area contributed by atoms with Gasteiger partial charge in [0.25, 0.3) is 0 Å². The zero-order chi connectivity index (χ0) is 23.6. The van der Waals surface area contributed by atoms with E-state index in [9.17, 15) is 13.6 Å². The molecule has 1 amide bonds. The normalized spacial score (nSPS) is 17.8. The topological polar surface area (TPSA) is 52.5 Å². The number of hydrogen-bond acceptors (Lipinski definition) is 3. The van der Waals surface area contributed by atoms with E-state index in [1.165, 1.54) is 17.8 Å². The molecule has 5 nitrogen and oxygen atoms in total. The van der Waals surface area contributed by atoms with E-state index in [-0.39, 0.29) is 22.8 Å². The molecule has 2 aromatic carbocycles. The van der Waals surface area contributed by atoms with E-state index in [0.717, 1.165) is 29.5 Å². The predicted molar refractivity (Wildman–Crippen MR) is 126 cm³/mol. The van der Waals surface area contributed by atoms with Crippen molar-refractivity contribution in [2.45, 2.75) is 63.6 Å². The van der Waals surface area contributed by atoms with Gasteiger partial charge in [0.2, 0.25) is 5.91 Å². The van der Waals surface area contributed by atoms with Gasteiger partial charge in [-0.1, -0.05) is 33.2 Å². The Kier molecular flexibility index (Phi) is 4.78. The van der Waals surface area contributed by atoms with Crippen LogP contribution in [0.1, 0.15) is 44.9 Å². The summed E-state index contributed by atoms with van der Waals surface area (Å²) in [5, 5.41) is 4.13. The average molecular weight is 452 g/mol. The lowest BCUT2D eigenvalue weighted by molar-refractivity contribution is -0.286. The molecule has 2 heterocycles. The molecule has 0 saturated heterocycles. The molecule has 2 aliphatic rings. The quantitative estimate of drug-likeness (QED) is 0.556. The van der Waals surface area contributed by atoms with Crippen molar-refractivity contribution in [1.29, 1.82) is 0 Å². The minimum absolute atomic E-state index is 0.00579. The van der Waals surface area contributed by atoms with Gasteiger partial charge in [0.05, 0.1) is 5.41 Å². The Morgan fingerprint density at radius 1 is 1.09 bits per heavy atom. The summed E-state index contributed by atoms with van der Waals surface area (Å²) in [5.74, 6) is -0.196. The monoisotopic (exact) mass is 452 g/mol. The van der Waals surface area contributed by atoms with Crippen LogP contribution in [0.15, 0.2) is 42.5 Å². The molecular weight excluding hydrogens is 425 g/mol. The number of fused-ring (bicyclic) bond motifs is 2. The molecular formula is C25H27BF2N2O3. The highest BCUT2D eigenvalue weighted by molar-refractivity contribution is 6.08. The zero-order valence-corrected chi connectivity index (χ0v) is 19.3. The van der Waals surface area contributed by atoms with Gasteiger partial charge in [0, 0.05) is 34.2 Å². The highest BCUT2D eigenvalue weighted by Crippen LogP contribution is 2.52. The number of nitrogens with zero attached hydrogens (tertiary/aromatic N) is 1. The van der Waals surface area contributed by atoms with Crippen LogP contribution in [0.3, 0.4) is 0 Å². The van der Waals surface area contributed by atoms with Crippen molar-refractivity contribution in [3.05, 3.63) is 53.7 Å². The number of hydrogen-bond donors (Lipinski definition) is 1. The van der Waals surface area contributed by atoms with Crippen LogP contribution in [-0.4, -0.2) is 24.6 Å². The third kappa shape index (κ3) is 3.75. The Hall–Kier alpha value is -3.03. The van der Waals surface area contributed by atoms with Gasteiger partial charge < -0.3 is 19.4 Å². The van der Waals surface area contributed by atoms with Crippen molar-refractivity contribution in [3.8, 4) is 11.5 Å². The van der Waals surface area contributed by atoms with Crippen molar-refractivity contribution < 1.29 is 23.0 Å². The number of amides is 1. The minimum Gasteiger partial charge on any atom is -0.395 e.